The Morgan fingerprint density at radius 3 is 2.86 bits per heavy atom. The van der Waals surface area contributed by atoms with Gasteiger partial charge in [-0.25, -0.2) is 0 Å². The fourth-order valence-electron chi connectivity index (χ4n) is 1.68. The van der Waals surface area contributed by atoms with E-state index in [-0.39, 0.29) is 11.2 Å². The summed E-state index contributed by atoms with van der Waals surface area (Å²) in [4.78, 5) is 16.1. The molecule has 1 atom stereocenters. The fourth-order valence-corrected chi connectivity index (χ4v) is 2.43. The fraction of sp³-hybridized carbons (Fsp3) is 0.400. The summed E-state index contributed by atoms with van der Waals surface area (Å²) in [7, 11) is 0. The lowest BCUT2D eigenvalue weighted by molar-refractivity contribution is -0.120. The molecule has 1 heterocycles. The van der Waals surface area contributed by atoms with Crippen LogP contribution >= 0.6 is 11.8 Å². The second kappa shape index (κ2) is 7.83. The number of thioether (sulfide) groups is 1. The molecule has 112 valence electrons. The molecule has 6 heteroatoms. The van der Waals surface area contributed by atoms with Crippen molar-refractivity contribution in [1.29, 1.82) is 0 Å². The van der Waals surface area contributed by atoms with E-state index in [1.165, 1.54) is 11.8 Å². The first-order chi connectivity index (χ1) is 10.2. The van der Waals surface area contributed by atoms with Gasteiger partial charge in [0.25, 0.3) is 0 Å². The second-order valence-corrected chi connectivity index (χ2v) is 5.95. The molecule has 21 heavy (non-hydrogen) atoms. The molecule has 2 aromatic rings. The largest absolute Gasteiger partial charge is 0.355 e. The summed E-state index contributed by atoms with van der Waals surface area (Å²) in [5.41, 5.74) is 0.922. The van der Waals surface area contributed by atoms with Crippen molar-refractivity contribution >= 4 is 17.7 Å². The van der Waals surface area contributed by atoms with Crippen LogP contribution in [-0.4, -0.2) is 27.8 Å². The van der Waals surface area contributed by atoms with E-state index in [2.05, 4.69) is 15.5 Å². The zero-order chi connectivity index (χ0) is 15.1. The predicted octanol–water partition coefficient (Wildman–Crippen LogP) is 2.88. The summed E-state index contributed by atoms with van der Waals surface area (Å²) < 4.78 is 5.22. The number of carbonyl (C=O) groups is 1. The monoisotopic (exact) mass is 305 g/mol. The highest BCUT2D eigenvalue weighted by atomic mass is 32.2. The maximum absolute atomic E-state index is 11.8. The predicted molar refractivity (Wildman–Crippen MR) is 83.8 cm³/mol. The van der Waals surface area contributed by atoms with Crippen molar-refractivity contribution in [3.63, 3.8) is 0 Å². The van der Waals surface area contributed by atoms with Crippen LogP contribution in [0, 0.1) is 0 Å². The van der Waals surface area contributed by atoms with E-state index in [0.29, 0.717) is 24.0 Å². The van der Waals surface area contributed by atoms with Crippen molar-refractivity contribution in [1.82, 2.24) is 15.5 Å². The molecule has 0 aliphatic rings. The summed E-state index contributed by atoms with van der Waals surface area (Å²) in [6.07, 6.45) is 0.938. The van der Waals surface area contributed by atoms with Gasteiger partial charge in [-0.1, -0.05) is 42.4 Å². The first-order valence-corrected chi connectivity index (χ1v) is 8.03. The highest BCUT2D eigenvalue weighted by Gasteiger charge is 2.15. The molecule has 1 aromatic carbocycles. The summed E-state index contributed by atoms with van der Waals surface area (Å²) >= 11 is 1.49. The number of carbonyl (C=O) groups excluding carboxylic acids is 1. The number of hydrogen-bond acceptors (Lipinski definition) is 5. The minimum atomic E-state index is -0.136. The van der Waals surface area contributed by atoms with E-state index in [4.69, 9.17) is 4.52 Å². The third kappa shape index (κ3) is 4.60. The van der Waals surface area contributed by atoms with Crippen LogP contribution in [0.5, 0.6) is 0 Å². The third-order valence-corrected chi connectivity index (χ3v) is 4.00. The molecule has 0 aliphatic heterocycles. The van der Waals surface area contributed by atoms with E-state index >= 15 is 0 Å². The molecular weight excluding hydrogens is 286 g/mol. The van der Waals surface area contributed by atoms with Crippen molar-refractivity contribution in [2.45, 2.75) is 31.3 Å². The number of hydrogen-bond donors (Lipinski definition) is 1. The Hall–Kier alpha value is -1.82. The number of nitrogens with zero attached hydrogens (tertiary/aromatic N) is 2. The average Bonchev–Trinajstić information content (AvgIpc) is 3.00. The van der Waals surface area contributed by atoms with Crippen LogP contribution in [0.1, 0.15) is 26.2 Å². The Bertz CT molecular complexity index is 571. The van der Waals surface area contributed by atoms with Crippen LogP contribution < -0.4 is 5.32 Å². The summed E-state index contributed by atoms with van der Waals surface area (Å²) in [5.74, 6) is 1.69. The first kappa shape index (κ1) is 15.6. The normalized spacial score (nSPS) is 12.1. The number of aromatic nitrogens is 2. The molecule has 5 nitrogen and oxygen atoms in total. The van der Waals surface area contributed by atoms with Gasteiger partial charge in [-0.05, 0) is 13.3 Å². The summed E-state index contributed by atoms with van der Waals surface area (Å²) in [6.45, 7) is 4.62. The highest BCUT2D eigenvalue weighted by Crippen LogP contribution is 2.20. The maximum Gasteiger partial charge on any atom is 0.236 e. The van der Waals surface area contributed by atoms with Crippen molar-refractivity contribution < 1.29 is 9.32 Å². The van der Waals surface area contributed by atoms with Gasteiger partial charge >= 0.3 is 0 Å². The molecule has 1 aromatic heterocycles. The van der Waals surface area contributed by atoms with Crippen molar-refractivity contribution in [3.05, 3.63) is 36.2 Å². The molecule has 0 fully saturated rings. The molecule has 1 N–H and O–H groups in total. The lowest BCUT2D eigenvalue weighted by atomic mass is 10.2. The number of rotatable bonds is 7. The van der Waals surface area contributed by atoms with Crippen LogP contribution in [0.25, 0.3) is 11.4 Å². The molecule has 1 unspecified atom stereocenters. The van der Waals surface area contributed by atoms with Crippen LogP contribution in [0.3, 0.4) is 0 Å². The van der Waals surface area contributed by atoms with E-state index < -0.39 is 0 Å². The molecule has 0 aliphatic carbocycles. The minimum Gasteiger partial charge on any atom is -0.355 e. The van der Waals surface area contributed by atoms with Crippen molar-refractivity contribution in [2.75, 3.05) is 6.54 Å². The lowest BCUT2D eigenvalue weighted by Crippen LogP contribution is -2.31. The maximum atomic E-state index is 11.8. The third-order valence-electron chi connectivity index (χ3n) is 2.88. The van der Waals surface area contributed by atoms with Crippen LogP contribution in [0.4, 0.5) is 0 Å². The number of nitrogens with one attached hydrogen (secondary N) is 1. The Balaban J connectivity index is 1.87. The molecule has 0 spiro atoms. The van der Waals surface area contributed by atoms with Crippen molar-refractivity contribution in [3.8, 4) is 11.4 Å². The lowest BCUT2D eigenvalue weighted by Gasteiger charge is -2.09. The zero-order valence-corrected chi connectivity index (χ0v) is 13.0. The van der Waals surface area contributed by atoms with E-state index in [1.807, 2.05) is 44.2 Å². The summed E-state index contributed by atoms with van der Waals surface area (Å²) in [6, 6.07) is 9.67. The average molecular weight is 305 g/mol. The van der Waals surface area contributed by atoms with Gasteiger partial charge in [0.15, 0.2) is 0 Å². The van der Waals surface area contributed by atoms with Crippen molar-refractivity contribution in [2.24, 2.45) is 0 Å². The van der Waals surface area contributed by atoms with E-state index in [9.17, 15) is 4.79 Å². The Morgan fingerprint density at radius 1 is 1.38 bits per heavy atom. The van der Waals surface area contributed by atoms with Gasteiger partial charge in [0.2, 0.25) is 17.6 Å². The second-order valence-electron chi connectivity index (χ2n) is 4.62. The minimum absolute atomic E-state index is 0.0460. The van der Waals surface area contributed by atoms with Gasteiger partial charge in [0.05, 0.1) is 11.0 Å². The van der Waals surface area contributed by atoms with Gasteiger partial charge in [0, 0.05) is 12.1 Å². The zero-order valence-electron chi connectivity index (χ0n) is 12.2. The Kier molecular flexibility index (Phi) is 5.80. The quantitative estimate of drug-likeness (QED) is 0.852. The van der Waals surface area contributed by atoms with Gasteiger partial charge < -0.3 is 9.84 Å². The van der Waals surface area contributed by atoms with Crippen LogP contribution in [0.15, 0.2) is 34.9 Å². The highest BCUT2D eigenvalue weighted by molar-refractivity contribution is 7.99. The molecule has 0 bridgehead atoms. The molecule has 0 saturated carbocycles. The van der Waals surface area contributed by atoms with Gasteiger partial charge in [-0.15, -0.1) is 11.8 Å². The molecular formula is C15H19N3O2S. The molecule has 1 amide bonds. The number of benzene rings is 1. The Morgan fingerprint density at radius 2 is 2.14 bits per heavy atom. The van der Waals surface area contributed by atoms with Gasteiger partial charge in [0.1, 0.15) is 0 Å². The SMILES string of the molecule is CCCNC(=O)C(C)SCc1nc(-c2ccccc2)no1. The topological polar surface area (TPSA) is 68.0 Å². The molecule has 2 rings (SSSR count). The van der Waals surface area contributed by atoms with Gasteiger partial charge in [-0.2, -0.15) is 4.98 Å². The van der Waals surface area contributed by atoms with E-state index in [1.54, 1.807) is 0 Å². The van der Waals surface area contributed by atoms with Gasteiger partial charge in [-0.3, -0.25) is 4.79 Å². The molecule has 0 radical (unpaired) electrons. The number of amides is 1. The van der Waals surface area contributed by atoms with E-state index in [0.717, 1.165) is 12.0 Å². The standard InChI is InChI=1S/C15H19N3O2S/c1-3-9-16-15(19)11(2)21-10-13-17-14(18-20-13)12-7-5-4-6-8-12/h4-8,11H,3,9-10H2,1-2H3,(H,16,19). The van der Waals surface area contributed by atoms with Crippen LogP contribution in [0.2, 0.25) is 0 Å². The van der Waals surface area contributed by atoms with Crippen LogP contribution in [-0.2, 0) is 10.5 Å². The molecule has 0 saturated heterocycles. The summed E-state index contributed by atoms with van der Waals surface area (Å²) in [5, 5.41) is 6.70. The smallest absolute Gasteiger partial charge is 0.236 e. The first-order valence-electron chi connectivity index (χ1n) is 6.98. The Labute approximate surface area is 128 Å².